The van der Waals surface area contributed by atoms with Gasteiger partial charge in [-0.3, -0.25) is 4.79 Å². The number of hydrogen-bond donors (Lipinski definition) is 2. The molecule has 0 radical (unpaired) electrons. The van der Waals surface area contributed by atoms with Crippen molar-refractivity contribution in [1.82, 2.24) is 5.32 Å². The summed E-state index contributed by atoms with van der Waals surface area (Å²) in [5.41, 5.74) is 5.86. The molecule has 0 fully saturated rings. The maximum Gasteiger partial charge on any atom is 0.254 e. The lowest BCUT2D eigenvalue weighted by atomic mass is 10.3. The molecule has 0 aliphatic rings. The van der Waals surface area contributed by atoms with Crippen LogP contribution in [0.2, 0.25) is 0 Å². The van der Waals surface area contributed by atoms with E-state index >= 15 is 0 Å². The number of furan rings is 1. The van der Waals surface area contributed by atoms with E-state index in [1.165, 1.54) is 18.4 Å². The number of halogens is 1. The Kier molecular flexibility index (Phi) is 5.34. The zero-order valence-corrected chi connectivity index (χ0v) is 11.5. The molecule has 5 nitrogen and oxygen atoms in total. The Hall–Kier alpha value is -2.34. The quantitative estimate of drug-likeness (QED) is 0.766. The molecule has 0 aliphatic heterocycles. The minimum absolute atomic E-state index is 0.208. The second-order valence-corrected chi connectivity index (χ2v) is 4.42. The zero-order valence-electron chi connectivity index (χ0n) is 11.5. The fourth-order valence-electron chi connectivity index (χ4n) is 1.70. The molecule has 3 N–H and O–H groups in total. The third-order valence-electron chi connectivity index (χ3n) is 2.81. The smallest absolute Gasteiger partial charge is 0.254 e. The summed E-state index contributed by atoms with van der Waals surface area (Å²) in [4.78, 5) is 11.8. The van der Waals surface area contributed by atoms with Crippen molar-refractivity contribution in [3.8, 4) is 5.75 Å². The van der Waals surface area contributed by atoms with Crippen molar-refractivity contribution in [1.29, 1.82) is 0 Å². The highest BCUT2D eigenvalue weighted by Crippen LogP contribution is 2.11. The zero-order chi connectivity index (χ0) is 15.1. The molecule has 0 unspecified atom stereocenters. The molecule has 2 rings (SSSR count). The molecule has 0 saturated heterocycles. The number of nitrogens with one attached hydrogen (secondary N) is 1. The van der Waals surface area contributed by atoms with Gasteiger partial charge in [-0.1, -0.05) is 0 Å². The highest BCUT2D eigenvalue weighted by molar-refractivity contribution is 5.93. The number of carbonyl (C=O) groups excluding carboxylic acids is 1. The normalized spacial score (nSPS) is 10.4. The van der Waals surface area contributed by atoms with E-state index in [0.717, 1.165) is 0 Å². The first-order valence-electron chi connectivity index (χ1n) is 6.63. The van der Waals surface area contributed by atoms with Crippen molar-refractivity contribution in [3.63, 3.8) is 0 Å². The van der Waals surface area contributed by atoms with Crippen LogP contribution < -0.4 is 15.8 Å². The summed E-state index contributed by atoms with van der Waals surface area (Å²) >= 11 is 0. The molecule has 6 heteroatoms. The van der Waals surface area contributed by atoms with Gasteiger partial charge in [0.2, 0.25) is 0 Å². The molecule has 1 heterocycles. The van der Waals surface area contributed by atoms with Gasteiger partial charge in [0, 0.05) is 6.54 Å². The Balaban J connectivity index is 1.65. The number of amides is 1. The van der Waals surface area contributed by atoms with Crippen molar-refractivity contribution in [2.75, 3.05) is 13.2 Å². The lowest BCUT2D eigenvalue weighted by Crippen LogP contribution is -2.25. The van der Waals surface area contributed by atoms with Gasteiger partial charge in [-0.2, -0.15) is 0 Å². The molecule has 0 bridgehead atoms. The van der Waals surface area contributed by atoms with Crippen molar-refractivity contribution >= 4 is 5.91 Å². The topological polar surface area (TPSA) is 77.5 Å². The van der Waals surface area contributed by atoms with Crippen LogP contribution in [0.4, 0.5) is 4.39 Å². The van der Waals surface area contributed by atoms with Crippen molar-refractivity contribution in [2.24, 2.45) is 5.73 Å². The fraction of sp³-hybridized carbons (Fsp3) is 0.267. The van der Waals surface area contributed by atoms with Gasteiger partial charge in [0.1, 0.15) is 23.6 Å². The number of ether oxygens (including phenoxy) is 1. The van der Waals surface area contributed by atoms with Crippen LogP contribution in [0.5, 0.6) is 5.75 Å². The number of rotatable bonds is 7. The largest absolute Gasteiger partial charge is 0.494 e. The van der Waals surface area contributed by atoms with Gasteiger partial charge < -0.3 is 20.2 Å². The molecule has 1 amide bonds. The Morgan fingerprint density at radius 3 is 2.76 bits per heavy atom. The predicted octanol–water partition coefficient (Wildman–Crippen LogP) is 2.08. The van der Waals surface area contributed by atoms with Crippen LogP contribution in [-0.2, 0) is 6.54 Å². The van der Waals surface area contributed by atoms with Gasteiger partial charge in [0.25, 0.3) is 5.91 Å². The van der Waals surface area contributed by atoms with E-state index < -0.39 is 0 Å². The van der Waals surface area contributed by atoms with E-state index in [2.05, 4.69) is 5.32 Å². The molecule has 112 valence electrons. The van der Waals surface area contributed by atoms with Crippen LogP contribution in [0.25, 0.3) is 0 Å². The molecule has 2 aromatic rings. The minimum Gasteiger partial charge on any atom is -0.494 e. The van der Waals surface area contributed by atoms with E-state index in [-0.39, 0.29) is 18.3 Å². The van der Waals surface area contributed by atoms with Gasteiger partial charge in [-0.15, -0.1) is 0 Å². The minimum atomic E-state index is -0.299. The summed E-state index contributed by atoms with van der Waals surface area (Å²) in [6, 6.07) is 7.42. The monoisotopic (exact) mass is 292 g/mol. The summed E-state index contributed by atoms with van der Waals surface area (Å²) in [6.07, 6.45) is 2.03. The maximum atomic E-state index is 12.7. The van der Waals surface area contributed by atoms with E-state index in [1.807, 2.05) is 0 Å². The average molecular weight is 292 g/mol. The summed E-state index contributed by atoms with van der Waals surface area (Å²) in [5, 5.41) is 2.75. The third kappa shape index (κ3) is 4.61. The SMILES string of the molecule is NCc1cc(C(=O)NCCCOc2ccc(F)cc2)co1. The highest BCUT2D eigenvalue weighted by Gasteiger charge is 2.08. The van der Waals surface area contributed by atoms with Crippen LogP contribution >= 0.6 is 0 Å². The van der Waals surface area contributed by atoms with E-state index in [9.17, 15) is 9.18 Å². The standard InChI is InChI=1S/C15H17FN2O3/c16-12-2-4-13(5-3-12)20-7-1-6-18-15(19)11-8-14(9-17)21-10-11/h2-5,8,10H,1,6-7,9,17H2,(H,18,19). The molecule has 1 aromatic carbocycles. The third-order valence-corrected chi connectivity index (χ3v) is 2.81. The Morgan fingerprint density at radius 2 is 2.10 bits per heavy atom. The fourth-order valence-corrected chi connectivity index (χ4v) is 1.70. The molecule has 0 spiro atoms. The molecule has 1 aromatic heterocycles. The van der Waals surface area contributed by atoms with Gasteiger partial charge in [-0.05, 0) is 36.8 Å². The molecular weight excluding hydrogens is 275 g/mol. The first kappa shape index (κ1) is 15.1. The molecule has 0 atom stereocenters. The van der Waals surface area contributed by atoms with Crippen LogP contribution in [0.3, 0.4) is 0 Å². The molecule has 21 heavy (non-hydrogen) atoms. The number of carbonyl (C=O) groups is 1. The lowest BCUT2D eigenvalue weighted by Gasteiger charge is -2.06. The van der Waals surface area contributed by atoms with Crippen LogP contribution in [0.15, 0.2) is 41.0 Å². The molecule has 0 saturated carbocycles. The van der Waals surface area contributed by atoms with E-state index in [0.29, 0.717) is 36.6 Å². The van der Waals surface area contributed by atoms with Gasteiger partial charge >= 0.3 is 0 Å². The van der Waals surface area contributed by atoms with Gasteiger partial charge in [-0.25, -0.2) is 4.39 Å². The number of benzene rings is 1. The molecule has 0 aliphatic carbocycles. The van der Waals surface area contributed by atoms with Gasteiger partial charge in [0.15, 0.2) is 0 Å². The summed E-state index contributed by atoms with van der Waals surface area (Å²) < 4.78 is 23.2. The predicted molar refractivity (Wildman–Crippen MR) is 75.4 cm³/mol. The van der Waals surface area contributed by atoms with E-state index in [4.69, 9.17) is 14.9 Å². The summed E-state index contributed by atoms with van der Waals surface area (Å²) in [7, 11) is 0. The Morgan fingerprint density at radius 1 is 1.33 bits per heavy atom. The first-order valence-corrected chi connectivity index (χ1v) is 6.63. The second kappa shape index (κ2) is 7.44. The van der Waals surface area contributed by atoms with Crippen molar-refractivity contribution < 1.29 is 18.3 Å². The summed E-state index contributed by atoms with van der Waals surface area (Å²) in [5.74, 6) is 0.664. The maximum absolute atomic E-state index is 12.7. The highest BCUT2D eigenvalue weighted by atomic mass is 19.1. The Bertz CT molecular complexity index is 581. The lowest BCUT2D eigenvalue weighted by molar-refractivity contribution is 0.0951. The Labute approximate surface area is 121 Å². The second-order valence-electron chi connectivity index (χ2n) is 4.42. The number of nitrogens with two attached hydrogens (primary N) is 1. The van der Waals surface area contributed by atoms with Crippen molar-refractivity contribution in [3.05, 3.63) is 53.7 Å². The van der Waals surface area contributed by atoms with Crippen LogP contribution in [-0.4, -0.2) is 19.1 Å². The van der Waals surface area contributed by atoms with Crippen LogP contribution in [0, 0.1) is 5.82 Å². The van der Waals surface area contributed by atoms with E-state index in [1.54, 1.807) is 18.2 Å². The first-order chi connectivity index (χ1) is 10.2. The average Bonchev–Trinajstić information content (AvgIpc) is 2.98. The van der Waals surface area contributed by atoms with Crippen LogP contribution in [0.1, 0.15) is 22.5 Å². The van der Waals surface area contributed by atoms with Crippen molar-refractivity contribution in [2.45, 2.75) is 13.0 Å². The molecular formula is C15H17FN2O3. The number of hydrogen-bond acceptors (Lipinski definition) is 4. The van der Waals surface area contributed by atoms with Gasteiger partial charge in [0.05, 0.1) is 18.7 Å². The summed E-state index contributed by atoms with van der Waals surface area (Å²) in [6.45, 7) is 1.17.